The van der Waals surface area contributed by atoms with Crippen molar-refractivity contribution in [3.63, 3.8) is 0 Å². The second-order valence-electron chi connectivity index (χ2n) is 5.02. The van der Waals surface area contributed by atoms with E-state index in [9.17, 15) is 0 Å². The topological polar surface area (TPSA) is 0 Å². The molecule has 0 aliphatic heterocycles. The van der Waals surface area contributed by atoms with E-state index in [1.807, 2.05) is 0 Å². The third-order valence-electron chi connectivity index (χ3n) is 4.17. The Labute approximate surface area is 102 Å². The number of hydrogen-bond acceptors (Lipinski definition) is 0. The Morgan fingerprint density at radius 2 is 1.59 bits per heavy atom. The van der Waals surface area contributed by atoms with Gasteiger partial charge in [0.15, 0.2) is 0 Å². The summed E-state index contributed by atoms with van der Waals surface area (Å²) in [5, 5.41) is 0. The Morgan fingerprint density at radius 3 is 2.53 bits per heavy atom. The van der Waals surface area contributed by atoms with Gasteiger partial charge in [-0.05, 0) is 34.6 Å². The first-order valence-corrected chi connectivity index (χ1v) is 6.28. The normalized spacial score (nSPS) is 24.0. The first-order valence-electron chi connectivity index (χ1n) is 6.28. The molecule has 0 radical (unpaired) electrons. The average molecular weight is 218 g/mol. The van der Waals surface area contributed by atoms with Crippen LogP contribution < -0.4 is 0 Å². The molecular formula is C17H14. The monoisotopic (exact) mass is 218 g/mol. The summed E-state index contributed by atoms with van der Waals surface area (Å²) in [4.78, 5) is 0. The Kier molecular flexibility index (Phi) is 1.81. The summed E-state index contributed by atoms with van der Waals surface area (Å²) in [5.74, 6) is 1.26. The zero-order valence-corrected chi connectivity index (χ0v) is 9.64. The third-order valence-corrected chi connectivity index (χ3v) is 4.17. The lowest BCUT2D eigenvalue weighted by Crippen LogP contribution is -2.09. The van der Waals surface area contributed by atoms with Gasteiger partial charge in [-0.1, -0.05) is 60.7 Å². The molecule has 2 aliphatic rings. The van der Waals surface area contributed by atoms with Crippen LogP contribution in [0.15, 0.2) is 54.6 Å². The van der Waals surface area contributed by atoms with Crippen LogP contribution in [0.4, 0.5) is 0 Å². The van der Waals surface area contributed by atoms with Gasteiger partial charge in [-0.15, -0.1) is 0 Å². The Hall–Kier alpha value is -1.82. The van der Waals surface area contributed by atoms with E-state index in [0.29, 0.717) is 11.8 Å². The highest BCUT2D eigenvalue weighted by Crippen LogP contribution is 2.48. The molecule has 0 heterocycles. The summed E-state index contributed by atoms with van der Waals surface area (Å²) in [7, 11) is 0. The molecule has 0 bridgehead atoms. The lowest BCUT2D eigenvalue weighted by atomic mass is 9.80. The van der Waals surface area contributed by atoms with E-state index in [2.05, 4.69) is 60.7 Å². The number of fused-ring (bicyclic) bond motifs is 5. The second-order valence-corrected chi connectivity index (χ2v) is 5.02. The predicted molar refractivity (Wildman–Crippen MR) is 71.1 cm³/mol. The molecule has 0 N–H and O–H groups in total. The van der Waals surface area contributed by atoms with Crippen LogP contribution >= 0.6 is 0 Å². The van der Waals surface area contributed by atoms with Crippen LogP contribution in [0.25, 0.3) is 6.08 Å². The molecular weight excluding hydrogens is 204 g/mol. The maximum absolute atomic E-state index is 2.39. The van der Waals surface area contributed by atoms with Crippen molar-refractivity contribution in [2.24, 2.45) is 0 Å². The molecule has 4 rings (SSSR count). The van der Waals surface area contributed by atoms with Crippen molar-refractivity contribution >= 4 is 6.08 Å². The van der Waals surface area contributed by atoms with Crippen molar-refractivity contribution in [2.45, 2.75) is 18.3 Å². The maximum atomic E-state index is 2.39. The van der Waals surface area contributed by atoms with Gasteiger partial charge < -0.3 is 0 Å². The summed E-state index contributed by atoms with van der Waals surface area (Å²) in [5.41, 5.74) is 5.99. The quantitative estimate of drug-likeness (QED) is 0.623. The number of benzene rings is 2. The van der Waals surface area contributed by atoms with Crippen LogP contribution in [-0.4, -0.2) is 0 Å². The predicted octanol–water partition coefficient (Wildman–Crippen LogP) is 4.14. The molecule has 17 heavy (non-hydrogen) atoms. The average Bonchev–Trinajstić information content (AvgIpc) is 2.78. The SMILES string of the molecule is C1=CC2c3ccccc3CC2c2ccccc21. The fourth-order valence-corrected chi connectivity index (χ4v) is 3.37. The van der Waals surface area contributed by atoms with E-state index in [1.165, 1.54) is 28.7 Å². The minimum Gasteiger partial charge on any atom is -0.0758 e. The Morgan fingerprint density at radius 1 is 0.824 bits per heavy atom. The van der Waals surface area contributed by atoms with E-state index < -0.39 is 0 Å². The van der Waals surface area contributed by atoms with Crippen LogP contribution in [0.3, 0.4) is 0 Å². The summed E-state index contributed by atoms with van der Waals surface area (Å²) in [6.07, 6.45) is 5.87. The first kappa shape index (κ1) is 9.23. The summed E-state index contributed by atoms with van der Waals surface area (Å²) in [6, 6.07) is 17.7. The summed E-state index contributed by atoms with van der Waals surface area (Å²) >= 11 is 0. The lowest BCUT2D eigenvalue weighted by Gasteiger charge is -2.24. The van der Waals surface area contributed by atoms with Gasteiger partial charge in [0, 0.05) is 5.92 Å². The zero-order valence-electron chi connectivity index (χ0n) is 9.64. The van der Waals surface area contributed by atoms with Crippen LogP contribution in [0.1, 0.15) is 34.1 Å². The van der Waals surface area contributed by atoms with Gasteiger partial charge in [-0.3, -0.25) is 0 Å². The smallest absolute Gasteiger partial charge is 0.00961 e. The van der Waals surface area contributed by atoms with Crippen LogP contribution in [-0.2, 0) is 6.42 Å². The molecule has 0 saturated heterocycles. The molecule has 2 aliphatic carbocycles. The number of allylic oxidation sites excluding steroid dienone is 1. The molecule has 0 aromatic heterocycles. The minimum absolute atomic E-state index is 0.598. The van der Waals surface area contributed by atoms with Crippen molar-refractivity contribution in [1.29, 1.82) is 0 Å². The van der Waals surface area contributed by atoms with Crippen LogP contribution in [0, 0.1) is 0 Å². The second kappa shape index (κ2) is 3.33. The van der Waals surface area contributed by atoms with E-state index in [4.69, 9.17) is 0 Å². The molecule has 2 aromatic rings. The van der Waals surface area contributed by atoms with Crippen molar-refractivity contribution in [1.82, 2.24) is 0 Å². The molecule has 0 fully saturated rings. The molecule has 2 atom stereocenters. The van der Waals surface area contributed by atoms with E-state index >= 15 is 0 Å². The van der Waals surface area contributed by atoms with Crippen molar-refractivity contribution < 1.29 is 0 Å². The van der Waals surface area contributed by atoms with Gasteiger partial charge in [0.05, 0.1) is 0 Å². The minimum atomic E-state index is 0.598. The number of rotatable bonds is 0. The lowest BCUT2D eigenvalue weighted by molar-refractivity contribution is 0.666. The standard InChI is InChI=1S/C17H14/c1-3-7-14-12(5-1)9-10-16-15-8-4-2-6-13(15)11-17(14)16/h1-10,16-17H,11H2. The van der Waals surface area contributed by atoms with Gasteiger partial charge in [0.2, 0.25) is 0 Å². The fraction of sp³-hybridized carbons (Fsp3) is 0.176. The van der Waals surface area contributed by atoms with E-state index in [1.54, 1.807) is 0 Å². The van der Waals surface area contributed by atoms with Gasteiger partial charge in [-0.2, -0.15) is 0 Å². The summed E-state index contributed by atoms with van der Waals surface area (Å²) < 4.78 is 0. The maximum Gasteiger partial charge on any atom is 0.00961 e. The van der Waals surface area contributed by atoms with Gasteiger partial charge in [-0.25, -0.2) is 0 Å². The molecule has 0 heteroatoms. The van der Waals surface area contributed by atoms with E-state index in [0.717, 1.165) is 0 Å². The van der Waals surface area contributed by atoms with Gasteiger partial charge in [0.25, 0.3) is 0 Å². The summed E-state index contributed by atoms with van der Waals surface area (Å²) in [6.45, 7) is 0. The van der Waals surface area contributed by atoms with Crippen LogP contribution in [0.5, 0.6) is 0 Å². The number of hydrogen-bond donors (Lipinski definition) is 0. The molecule has 2 unspecified atom stereocenters. The largest absolute Gasteiger partial charge is 0.0758 e. The molecule has 2 aromatic carbocycles. The van der Waals surface area contributed by atoms with Crippen LogP contribution in [0.2, 0.25) is 0 Å². The Bertz CT molecular complexity index is 607. The zero-order chi connectivity index (χ0) is 11.2. The highest BCUT2D eigenvalue weighted by molar-refractivity contribution is 5.63. The van der Waals surface area contributed by atoms with E-state index in [-0.39, 0.29) is 0 Å². The highest BCUT2D eigenvalue weighted by atomic mass is 14.4. The van der Waals surface area contributed by atoms with Crippen molar-refractivity contribution in [3.05, 3.63) is 76.9 Å². The molecule has 0 amide bonds. The first-order chi connectivity index (χ1) is 8.43. The molecule has 82 valence electrons. The molecule has 0 nitrogen and oxygen atoms in total. The Balaban J connectivity index is 1.90. The van der Waals surface area contributed by atoms with Crippen molar-refractivity contribution in [2.75, 3.05) is 0 Å². The van der Waals surface area contributed by atoms with Gasteiger partial charge >= 0.3 is 0 Å². The highest BCUT2D eigenvalue weighted by Gasteiger charge is 2.34. The van der Waals surface area contributed by atoms with Crippen molar-refractivity contribution in [3.8, 4) is 0 Å². The fourth-order valence-electron chi connectivity index (χ4n) is 3.37. The third kappa shape index (κ3) is 1.24. The molecule has 0 saturated carbocycles. The van der Waals surface area contributed by atoms with Gasteiger partial charge in [0.1, 0.15) is 0 Å². The molecule has 0 spiro atoms.